The quantitative estimate of drug-likeness (QED) is 0.0393. The molecule has 2 atom stereocenters. The van der Waals surface area contributed by atoms with Crippen molar-refractivity contribution in [2.24, 2.45) is 0 Å². The van der Waals surface area contributed by atoms with Crippen LogP contribution in [0, 0.1) is 5.82 Å². The number of halogens is 7. The van der Waals surface area contributed by atoms with E-state index in [0.29, 0.717) is 120 Å². The number of benzene rings is 6. The summed E-state index contributed by atoms with van der Waals surface area (Å²) < 4.78 is 110. The van der Waals surface area contributed by atoms with Crippen molar-refractivity contribution in [1.29, 1.82) is 0 Å². The zero-order valence-corrected chi connectivity index (χ0v) is 55.1. The lowest BCUT2D eigenvalue weighted by Gasteiger charge is -2.44. The fourth-order valence-corrected chi connectivity index (χ4v) is 14.1. The van der Waals surface area contributed by atoms with Gasteiger partial charge in [0.15, 0.2) is 0 Å². The first-order valence-electron chi connectivity index (χ1n) is 33.3. The number of nitrogens with zero attached hydrogens (tertiary/aromatic N) is 7. The molecule has 3 fully saturated rings. The van der Waals surface area contributed by atoms with E-state index in [0.717, 1.165) is 71.7 Å². The summed E-state index contributed by atoms with van der Waals surface area (Å²) in [5, 5.41) is 13.8. The SMILES string of the molecule is CN(CCN1CCC(N(C(=O)O)c2ccccc2-c2ccccc2)CC1)C(=O)CCCCCNc1ccc(C(=O)N(C)CCCN(C)C(=O)CO[C@H]2Cc3ccccc3C23CCN(CC[C@@]2(c4ccc(F)cc4)CN(C(=O)c4cc(C(F)(F)F)cc(C(F)(F)F)c4)CO2)CC3)cc1. The van der Waals surface area contributed by atoms with E-state index >= 15 is 0 Å². The van der Waals surface area contributed by atoms with Crippen LogP contribution in [-0.4, -0.2) is 183 Å². The Morgan fingerprint density at radius 2 is 1.29 bits per heavy atom. The van der Waals surface area contributed by atoms with Crippen molar-refractivity contribution in [2.45, 2.75) is 106 Å². The van der Waals surface area contributed by atoms with Crippen molar-refractivity contribution in [3.63, 3.8) is 0 Å². The van der Waals surface area contributed by atoms with Gasteiger partial charge >= 0.3 is 18.4 Å². The summed E-state index contributed by atoms with van der Waals surface area (Å²) in [4.78, 5) is 78.8. The van der Waals surface area contributed by atoms with E-state index in [4.69, 9.17) is 9.47 Å². The highest BCUT2D eigenvalue weighted by atomic mass is 19.4. The van der Waals surface area contributed by atoms with Crippen molar-refractivity contribution in [1.82, 2.24) is 29.4 Å². The molecular weight excluding hydrogens is 1260 g/mol. The molecule has 6 aromatic carbocycles. The van der Waals surface area contributed by atoms with E-state index in [-0.39, 0.29) is 55.5 Å². The van der Waals surface area contributed by atoms with Gasteiger partial charge in [-0.25, -0.2) is 9.18 Å². The summed E-state index contributed by atoms with van der Waals surface area (Å²) in [6.07, 6.45) is -4.47. The Bertz CT molecular complexity index is 3650. The smallest absolute Gasteiger partial charge is 0.416 e. The Balaban J connectivity index is 0.616. The van der Waals surface area contributed by atoms with Crippen molar-refractivity contribution in [2.75, 3.05) is 117 Å². The molecule has 4 aliphatic rings. The molecule has 2 N–H and O–H groups in total. The fourth-order valence-electron chi connectivity index (χ4n) is 14.1. The third-order valence-corrected chi connectivity index (χ3v) is 19.8. The fraction of sp³-hybridized carbons (Fsp3) is 0.446. The van der Waals surface area contributed by atoms with Crippen molar-refractivity contribution < 1.29 is 69.3 Å². The van der Waals surface area contributed by atoms with E-state index in [1.807, 2.05) is 85.9 Å². The number of carbonyl (C=O) groups is 5. The Kier molecular flexibility index (Phi) is 23.1. The number of rotatable bonds is 26. The predicted octanol–water partition coefficient (Wildman–Crippen LogP) is 12.9. The van der Waals surface area contributed by atoms with Gasteiger partial charge in [0.2, 0.25) is 11.8 Å². The van der Waals surface area contributed by atoms with Gasteiger partial charge in [-0.3, -0.25) is 24.1 Å². The molecule has 3 heterocycles. The van der Waals surface area contributed by atoms with Crippen LogP contribution in [0.15, 0.2) is 146 Å². The maximum atomic E-state index is 14.2. The molecule has 1 spiro atoms. The van der Waals surface area contributed by atoms with Gasteiger partial charge < -0.3 is 49.3 Å². The first-order valence-corrected chi connectivity index (χ1v) is 33.3. The van der Waals surface area contributed by atoms with E-state index in [1.165, 1.54) is 29.2 Å². The average molecular weight is 1350 g/mol. The number of alkyl halides is 6. The molecule has 0 aromatic heterocycles. The first-order chi connectivity index (χ1) is 46.4. The van der Waals surface area contributed by atoms with Crippen LogP contribution >= 0.6 is 0 Å². The number of hydrogen-bond donors (Lipinski definition) is 2. The zero-order valence-electron chi connectivity index (χ0n) is 55.1. The molecule has 0 bridgehead atoms. The van der Waals surface area contributed by atoms with Gasteiger partial charge in [0.25, 0.3) is 11.8 Å². The lowest BCUT2D eigenvalue weighted by molar-refractivity contribution is -0.143. The summed E-state index contributed by atoms with van der Waals surface area (Å²) in [5.41, 5.74) is 1.07. The number of unbranched alkanes of at least 4 members (excludes halogenated alkanes) is 2. The van der Waals surface area contributed by atoms with Crippen LogP contribution in [-0.2, 0) is 48.9 Å². The number of likely N-dealkylation sites (N-methyl/N-ethyl adjacent to an activating group) is 2. The first kappa shape index (κ1) is 71.4. The minimum absolute atomic E-state index is 0.0294. The number of anilines is 2. The van der Waals surface area contributed by atoms with E-state index < -0.39 is 64.6 Å². The summed E-state index contributed by atoms with van der Waals surface area (Å²) in [6, 6.07) is 39.0. The molecule has 0 unspecified atom stereocenters. The van der Waals surface area contributed by atoms with Crippen LogP contribution in [0.25, 0.3) is 11.1 Å². The number of para-hydroxylation sites is 1. The van der Waals surface area contributed by atoms with E-state index in [9.17, 15) is 59.8 Å². The Labute approximate surface area is 561 Å². The molecule has 16 nitrogen and oxygen atoms in total. The second-order valence-electron chi connectivity index (χ2n) is 26.1. The molecule has 518 valence electrons. The normalized spacial score (nSPS) is 18.2. The number of likely N-dealkylation sites (tertiary alicyclic amines) is 2. The number of ether oxygens (including phenoxy) is 2. The molecule has 6 aromatic rings. The minimum atomic E-state index is -5.15. The van der Waals surface area contributed by atoms with Gasteiger partial charge in [-0.15, -0.1) is 0 Å². The summed E-state index contributed by atoms with van der Waals surface area (Å²) >= 11 is 0. The topological polar surface area (TPSA) is 159 Å². The lowest BCUT2D eigenvalue weighted by atomic mass is 9.72. The average Bonchev–Trinajstić information content (AvgIpc) is 1.61. The van der Waals surface area contributed by atoms with Crippen LogP contribution in [0.4, 0.5) is 46.9 Å². The monoisotopic (exact) mass is 1350 g/mol. The highest BCUT2D eigenvalue weighted by molar-refractivity contribution is 5.96. The second-order valence-corrected chi connectivity index (χ2v) is 26.1. The van der Waals surface area contributed by atoms with Crippen LogP contribution in [0.1, 0.15) is 113 Å². The largest absolute Gasteiger partial charge is 0.465 e. The van der Waals surface area contributed by atoms with Gasteiger partial charge in [-0.1, -0.05) is 91.3 Å². The highest BCUT2D eigenvalue weighted by Gasteiger charge is 2.50. The third-order valence-electron chi connectivity index (χ3n) is 19.8. The maximum absolute atomic E-state index is 14.2. The molecular formula is C74H85F7N8O8. The number of amides is 5. The molecule has 97 heavy (non-hydrogen) atoms. The van der Waals surface area contributed by atoms with Crippen molar-refractivity contribution in [3.8, 4) is 11.1 Å². The summed E-state index contributed by atoms with van der Waals surface area (Å²) in [6.45, 7) is 5.16. The van der Waals surface area contributed by atoms with E-state index in [1.54, 1.807) is 40.9 Å². The maximum Gasteiger partial charge on any atom is 0.416 e. The Morgan fingerprint density at radius 3 is 1.97 bits per heavy atom. The molecule has 0 saturated carbocycles. The number of carboxylic acid groups (broad SMARTS) is 1. The molecule has 5 amide bonds. The van der Waals surface area contributed by atoms with Crippen LogP contribution in [0.5, 0.6) is 0 Å². The molecule has 1 aliphatic carbocycles. The van der Waals surface area contributed by atoms with Gasteiger partial charge in [-0.05, 0) is 154 Å². The number of fused-ring (bicyclic) bond motifs is 2. The molecule has 10 rings (SSSR count). The standard InChI is InChI=1S/C74H85F7N8O8/c1-83(36-14-37-85(3)68(92)53-22-28-60(29-23-53)82-35-13-5-8-21-66(90)84(2)43-44-86-38-30-61(31-39-86)89(70(94)95)64-20-12-10-18-62(64)52-15-6-4-7-16-52)67(91)49-96-65-47-54-17-9-11-19-63(54)71(65)32-40-87(41-33-71)42-34-72(56-24-26-59(75)27-25-56)50-88(51-97-72)69(93)55-45-57(73(76,77)78)48-58(46-55)74(79,80)81/h4,6-7,9-12,15-20,22-29,45-46,48,61,65,82H,5,8,13-14,21,30-44,47,49-51H2,1-3H3,(H,94,95)/t65-,72-/m0/s1. The molecule has 3 saturated heterocycles. The van der Waals surface area contributed by atoms with Gasteiger partial charge in [0.05, 0.1) is 29.5 Å². The third kappa shape index (κ3) is 17.5. The molecule has 0 radical (unpaired) electrons. The van der Waals surface area contributed by atoms with Crippen molar-refractivity contribution in [3.05, 3.63) is 190 Å². The lowest BCUT2D eigenvalue weighted by Crippen LogP contribution is -2.50. The van der Waals surface area contributed by atoms with Crippen LogP contribution in [0.3, 0.4) is 0 Å². The second kappa shape index (κ2) is 31.4. The molecule has 3 aliphatic heterocycles. The number of piperidine rings is 2. The number of carbonyl (C=O) groups excluding carboxylic acids is 4. The van der Waals surface area contributed by atoms with Gasteiger partial charge in [0.1, 0.15) is 24.8 Å². The zero-order chi connectivity index (χ0) is 69.1. The number of hydrogen-bond acceptors (Lipinski definition) is 10. The molecule has 23 heteroatoms. The summed E-state index contributed by atoms with van der Waals surface area (Å²) in [5.74, 6) is -1.85. The van der Waals surface area contributed by atoms with Gasteiger partial charge in [0, 0.05) is 114 Å². The minimum Gasteiger partial charge on any atom is -0.465 e. The number of nitrogens with one attached hydrogen (secondary N) is 1. The van der Waals surface area contributed by atoms with Crippen LogP contribution in [0.2, 0.25) is 0 Å². The van der Waals surface area contributed by atoms with E-state index in [2.05, 4.69) is 27.2 Å². The predicted molar refractivity (Wildman–Crippen MR) is 355 cm³/mol. The van der Waals surface area contributed by atoms with Crippen molar-refractivity contribution >= 4 is 41.1 Å². The van der Waals surface area contributed by atoms with Gasteiger partial charge in [-0.2, -0.15) is 26.3 Å². The summed E-state index contributed by atoms with van der Waals surface area (Å²) in [7, 11) is 5.29. The van der Waals surface area contributed by atoms with Crippen LogP contribution < -0.4 is 10.2 Å². The highest BCUT2D eigenvalue weighted by Crippen LogP contribution is 2.49. The Hall–Kier alpha value is -8.38. The Morgan fingerprint density at radius 1 is 0.660 bits per heavy atom.